The molecule has 1 atom stereocenters. The van der Waals surface area contributed by atoms with Crippen LogP contribution in [0.5, 0.6) is 0 Å². The summed E-state index contributed by atoms with van der Waals surface area (Å²) in [4.78, 5) is 13.6. The zero-order valence-electron chi connectivity index (χ0n) is 16.3. The molecule has 0 bridgehead atoms. The second kappa shape index (κ2) is 7.90. The molecule has 2 aromatic carbocycles. The van der Waals surface area contributed by atoms with Crippen molar-refractivity contribution in [2.24, 2.45) is 15.7 Å². The Morgan fingerprint density at radius 1 is 1.00 bits per heavy atom. The van der Waals surface area contributed by atoms with E-state index < -0.39 is 6.29 Å². The fourth-order valence-corrected chi connectivity index (χ4v) is 3.51. The van der Waals surface area contributed by atoms with Crippen molar-refractivity contribution in [1.82, 2.24) is 4.90 Å². The van der Waals surface area contributed by atoms with E-state index in [1.165, 1.54) is 0 Å². The molecule has 7 nitrogen and oxygen atoms in total. The Morgan fingerprint density at radius 3 is 2.39 bits per heavy atom. The molecule has 4 rings (SSSR count). The minimum Gasteiger partial charge on any atom is -0.378 e. The van der Waals surface area contributed by atoms with Crippen molar-refractivity contribution < 1.29 is 4.74 Å². The first-order valence-corrected chi connectivity index (χ1v) is 9.55. The van der Waals surface area contributed by atoms with Gasteiger partial charge in [-0.2, -0.15) is 4.99 Å². The zero-order chi connectivity index (χ0) is 19.5. The lowest BCUT2D eigenvalue weighted by molar-refractivity contribution is 0.0671. The molecule has 28 heavy (non-hydrogen) atoms. The zero-order valence-corrected chi connectivity index (χ0v) is 16.3. The molecule has 0 amide bonds. The number of nitrogens with two attached hydrogens (primary N) is 1. The van der Waals surface area contributed by atoms with Crippen molar-refractivity contribution in [3.8, 4) is 0 Å². The van der Waals surface area contributed by atoms with Crippen LogP contribution >= 0.6 is 0 Å². The number of para-hydroxylation sites is 2. The third kappa shape index (κ3) is 3.66. The van der Waals surface area contributed by atoms with E-state index in [-0.39, 0.29) is 5.96 Å². The Morgan fingerprint density at radius 2 is 1.68 bits per heavy atom. The lowest BCUT2D eigenvalue weighted by Gasteiger charge is -2.41. The Kier molecular flexibility index (Phi) is 5.16. The quantitative estimate of drug-likeness (QED) is 0.858. The molecule has 2 heterocycles. The van der Waals surface area contributed by atoms with Crippen molar-refractivity contribution in [2.45, 2.75) is 20.1 Å². The number of hydrogen-bond donors (Lipinski definition) is 2. The van der Waals surface area contributed by atoms with E-state index in [9.17, 15) is 0 Å². The van der Waals surface area contributed by atoms with E-state index in [1.807, 2.05) is 24.3 Å². The molecule has 1 unspecified atom stereocenters. The first-order valence-electron chi connectivity index (χ1n) is 9.55. The standard InChI is InChI=1S/C21H26N6O/c1-15-7-3-5-9-17(15)23-20-24-19(22)25-21(26-11-13-28-14-12-26)27(20)18-10-6-4-8-16(18)2/h3-10,20,23H,11-14H2,1-2H3,(H2,22,24). The summed E-state index contributed by atoms with van der Waals surface area (Å²) in [6, 6.07) is 16.4. The lowest BCUT2D eigenvalue weighted by Crippen LogP contribution is -2.57. The van der Waals surface area contributed by atoms with Crippen LogP contribution in [0.1, 0.15) is 11.1 Å². The van der Waals surface area contributed by atoms with E-state index in [4.69, 9.17) is 10.5 Å². The van der Waals surface area contributed by atoms with Crippen LogP contribution in [0.2, 0.25) is 0 Å². The smallest absolute Gasteiger partial charge is 0.222 e. The lowest BCUT2D eigenvalue weighted by atomic mass is 10.1. The summed E-state index contributed by atoms with van der Waals surface area (Å²) in [5, 5.41) is 3.54. The average molecular weight is 378 g/mol. The van der Waals surface area contributed by atoms with Crippen LogP contribution in [0.25, 0.3) is 0 Å². The van der Waals surface area contributed by atoms with E-state index in [2.05, 4.69) is 63.2 Å². The minimum atomic E-state index is -0.391. The number of aryl methyl sites for hydroxylation is 2. The van der Waals surface area contributed by atoms with E-state index in [1.54, 1.807) is 0 Å². The Bertz CT molecular complexity index is 903. The summed E-state index contributed by atoms with van der Waals surface area (Å²) >= 11 is 0. The highest BCUT2D eigenvalue weighted by atomic mass is 16.5. The summed E-state index contributed by atoms with van der Waals surface area (Å²) in [6.45, 7) is 7.06. The Balaban J connectivity index is 1.76. The minimum absolute atomic E-state index is 0.275. The third-order valence-electron chi connectivity index (χ3n) is 5.03. The van der Waals surface area contributed by atoms with Gasteiger partial charge in [-0.25, -0.2) is 4.99 Å². The molecular weight excluding hydrogens is 352 g/mol. The fourth-order valence-electron chi connectivity index (χ4n) is 3.51. The van der Waals surface area contributed by atoms with Crippen LogP contribution in [0.4, 0.5) is 11.4 Å². The van der Waals surface area contributed by atoms with Gasteiger partial charge < -0.3 is 20.7 Å². The number of morpholine rings is 1. The van der Waals surface area contributed by atoms with Crippen LogP contribution in [-0.2, 0) is 4.74 Å². The van der Waals surface area contributed by atoms with Crippen molar-refractivity contribution in [2.75, 3.05) is 36.5 Å². The van der Waals surface area contributed by atoms with Gasteiger partial charge in [0.1, 0.15) is 0 Å². The number of nitrogens with zero attached hydrogens (tertiary/aromatic N) is 4. The molecule has 146 valence electrons. The van der Waals surface area contributed by atoms with E-state index >= 15 is 0 Å². The third-order valence-corrected chi connectivity index (χ3v) is 5.03. The van der Waals surface area contributed by atoms with Gasteiger partial charge in [0.05, 0.1) is 18.9 Å². The molecule has 0 aliphatic carbocycles. The van der Waals surface area contributed by atoms with Crippen LogP contribution in [0.15, 0.2) is 58.5 Å². The van der Waals surface area contributed by atoms with E-state index in [0.29, 0.717) is 13.2 Å². The van der Waals surface area contributed by atoms with Crippen molar-refractivity contribution >= 4 is 23.3 Å². The van der Waals surface area contributed by atoms with Gasteiger partial charge in [0.15, 0.2) is 0 Å². The first kappa shape index (κ1) is 18.3. The first-order chi connectivity index (χ1) is 13.6. The molecule has 0 aromatic heterocycles. The van der Waals surface area contributed by atoms with Crippen molar-refractivity contribution in [3.05, 3.63) is 59.7 Å². The number of benzene rings is 2. The molecule has 1 saturated heterocycles. The van der Waals surface area contributed by atoms with Crippen LogP contribution in [0, 0.1) is 13.8 Å². The number of anilines is 2. The normalized spacial score (nSPS) is 19.9. The van der Waals surface area contributed by atoms with Gasteiger partial charge in [0.2, 0.25) is 18.2 Å². The maximum Gasteiger partial charge on any atom is 0.222 e. The monoisotopic (exact) mass is 378 g/mol. The molecule has 2 aromatic rings. The molecule has 0 saturated carbocycles. The highest BCUT2D eigenvalue weighted by Crippen LogP contribution is 2.27. The molecule has 2 aliphatic heterocycles. The number of guanidine groups is 2. The molecule has 3 N–H and O–H groups in total. The highest BCUT2D eigenvalue weighted by molar-refractivity contribution is 6.06. The van der Waals surface area contributed by atoms with Gasteiger partial charge >= 0.3 is 0 Å². The average Bonchev–Trinajstić information content (AvgIpc) is 2.71. The maximum atomic E-state index is 6.13. The Labute approximate surface area is 165 Å². The van der Waals surface area contributed by atoms with Crippen LogP contribution in [0.3, 0.4) is 0 Å². The predicted molar refractivity (Wildman–Crippen MR) is 114 cm³/mol. The number of aliphatic imine (C=N–C) groups is 2. The number of ether oxygens (including phenoxy) is 1. The van der Waals surface area contributed by atoms with Crippen molar-refractivity contribution in [1.29, 1.82) is 0 Å². The number of hydrogen-bond acceptors (Lipinski definition) is 7. The SMILES string of the molecule is Cc1ccccc1NC1N=C(N)N=C(N2CCOCC2)N1c1ccccc1C. The van der Waals surface area contributed by atoms with Crippen LogP contribution < -0.4 is 16.0 Å². The molecule has 7 heteroatoms. The van der Waals surface area contributed by atoms with Gasteiger partial charge in [-0.05, 0) is 37.1 Å². The molecule has 0 spiro atoms. The Hall–Kier alpha value is -3.06. The summed E-state index contributed by atoms with van der Waals surface area (Å²) < 4.78 is 5.53. The van der Waals surface area contributed by atoms with Gasteiger partial charge in [0, 0.05) is 18.8 Å². The van der Waals surface area contributed by atoms with Crippen LogP contribution in [-0.4, -0.2) is 49.4 Å². The molecule has 0 radical (unpaired) electrons. The molecule has 2 aliphatic rings. The second-order valence-corrected chi connectivity index (χ2v) is 6.99. The van der Waals surface area contributed by atoms with Gasteiger partial charge in [-0.1, -0.05) is 36.4 Å². The molecule has 1 fully saturated rings. The summed E-state index contributed by atoms with van der Waals surface area (Å²) in [5.74, 6) is 1.08. The topological polar surface area (TPSA) is 78.5 Å². The van der Waals surface area contributed by atoms with E-state index in [0.717, 1.165) is 41.6 Å². The molecular formula is C21H26N6O. The highest BCUT2D eigenvalue weighted by Gasteiger charge is 2.32. The number of nitrogens with one attached hydrogen (secondary N) is 1. The summed E-state index contributed by atoms with van der Waals surface area (Å²) in [5.41, 5.74) is 10.5. The maximum absolute atomic E-state index is 6.13. The van der Waals surface area contributed by atoms with Crippen molar-refractivity contribution in [3.63, 3.8) is 0 Å². The largest absolute Gasteiger partial charge is 0.378 e. The van der Waals surface area contributed by atoms with Gasteiger partial charge in [-0.3, -0.25) is 4.90 Å². The summed E-state index contributed by atoms with van der Waals surface area (Å²) in [6.07, 6.45) is -0.391. The van der Waals surface area contributed by atoms with Gasteiger partial charge in [0.25, 0.3) is 0 Å². The van der Waals surface area contributed by atoms with Gasteiger partial charge in [-0.15, -0.1) is 0 Å². The summed E-state index contributed by atoms with van der Waals surface area (Å²) in [7, 11) is 0. The number of rotatable bonds is 3. The fraction of sp³-hybridized carbons (Fsp3) is 0.333. The predicted octanol–water partition coefficient (Wildman–Crippen LogP) is 2.52. The second-order valence-electron chi connectivity index (χ2n) is 6.99.